The highest BCUT2D eigenvalue weighted by Crippen LogP contribution is 2.27. The van der Waals surface area contributed by atoms with Crippen LogP contribution >= 0.6 is 11.6 Å². The molecule has 0 spiro atoms. The summed E-state index contributed by atoms with van der Waals surface area (Å²) >= 11 is 6.16. The molecule has 2 unspecified atom stereocenters. The van der Waals surface area contributed by atoms with Crippen LogP contribution in [-0.2, 0) is 11.2 Å². The molecule has 20 heavy (non-hydrogen) atoms. The predicted octanol–water partition coefficient (Wildman–Crippen LogP) is 3.09. The zero-order valence-electron chi connectivity index (χ0n) is 12.4. The van der Waals surface area contributed by atoms with Crippen LogP contribution in [0.5, 0.6) is 0 Å². The lowest BCUT2D eigenvalue weighted by Crippen LogP contribution is -2.31. The fourth-order valence-corrected chi connectivity index (χ4v) is 3.02. The molecule has 0 bridgehead atoms. The lowest BCUT2D eigenvalue weighted by molar-refractivity contribution is 0.0576. The van der Waals surface area contributed by atoms with Crippen LogP contribution in [0.1, 0.15) is 25.3 Å². The van der Waals surface area contributed by atoms with Crippen molar-refractivity contribution in [2.45, 2.75) is 32.2 Å². The van der Waals surface area contributed by atoms with Gasteiger partial charge < -0.3 is 15.4 Å². The molecule has 4 heteroatoms. The fraction of sp³-hybridized carbons (Fsp3) is 0.625. The Labute approximate surface area is 127 Å². The zero-order chi connectivity index (χ0) is 14.5. The van der Waals surface area contributed by atoms with E-state index in [0.717, 1.165) is 31.2 Å². The Bertz CT molecular complexity index is 430. The lowest BCUT2D eigenvalue weighted by atomic mass is 10.00. The van der Waals surface area contributed by atoms with E-state index in [4.69, 9.17) is 22.1 Å². The summed E-state index contributed by atoms with van der Waals surface area (Å²) < 4.78 is 5.56. The molecule has 1 aliphatic heterocycles. The van der Waals surface area contributed by atoms with Gasteiger partial charge in [0.05, 0.1) is 6.61 Å². The smallest absolute Gasteiger partial charge is 0.0511 e. The van der Waals surface area contributed by atoms with E-state index in [9.17, 15) is 0 Å². The summed E-state index contributed by atoms with van der Waals surface area (Å²) in [6.45, 7) is 4.82. The minimum Gasteiger partial charge on any atom is -0.381 e. The monoisotopic (exact) mass is 296 g/mol. The van der Waals surface area contributed by atoms with E-state index in [2.05, 4.69) is 18.0 Å². The van der Waals surface area contributed by atoms with E-state index in [-0.39, 0.29) is 6.04 Å². The van der Waals surface area contributed by atoms with Gasteiger partial charge in [0, 0.05) is 37.0 Å². The van der Waals surface area contributed by atoms with Crippen LogP contribution < -0.4 is 10.6 Å². The second kappa shape index (κ2) is 7.30. The Morgan fingerprint density at radius 3 is 2.95 bits per heavy atom. The fourth-order valence-electron chi connectivity index (χ4n) is 2.85. The normalized spacial score (nSPS) is 20.7. The van der Waals surface area contributed by atoms with Crippen molar-refractivity contribution in [3.05, 3.63) is 28.8 Å². The summed E-state index contributed by atoms with van der Waals surface area (Å²) in [5.41, 5.74) is 8.41. The van der Waals surface area contributed by atoms with Gasteiger partial charge in [-0.3, -0.25) is 0 Å². The van der Waals surface area contributed by atoms with Crippen molar-refractivity contribution in [2.75, 3.05) is 31.7 Å². The number of hydrogen-bond donors (Lipinski definition) is 1. The maximum absolute atomic E-state index is 6.16. The molecule has 1 heterocycles. The number of rotatable bonds is 5. The van der Waals surface area contributed by atoms with Crippen molar-refractivity contribution in [3.63, 3.8) is 0 Å². The van der Waals surface area contributed by atoms with Crippen LogP contribution in [0.25, 0.3) is 0 Å². The third kappa shape index (κ3) is 4.37. The van der Waals surface area contributed by atoms with Crippen molar-refractivity contribution in [3.8, 4) is 0 Å². The molecule has 2 atom stereocenters. The van der Waals surface area contributed by atoms with E-state index in [1.54, 1.807) is 0 Å². The highest BCUT2D eigenvalue weighted by atomic mass is 35.5. The van der Waals surface area contributed by atoms with E-state index in [1.807, 2.05) is 19.1 Å². The van der Waals surface area contributed by atoms with Crippen LogP contribution in [0.2, 0.25) is 5.02 Å². The molecule has 2 N–H and O–H groups in total. The highest BCUT2D eigenvalue weighted by molar-refractivity contribution is 6.30. The zero-order valence-corrected chi connectivity index (χ0v) is 13.2. The van der Waals surface area contributed by atoms with Gasteiger partial charge in [0.1, 0.15) is 0 Å². The molecule has 0 amide bonds. The van der Waals surface area contributed by atoms with Gasteiger partial charge in [-0.25, -0.2) is 0 Å². The first kappa shape index (κ1) is 15.6. The predicted molar refractivity (Wildman–Crippen MR) is 85.6 cm³/mol. The van der Waals surface area contributed by atoms with E-state index in [1.165, 1.54) is 24.1 Å². The maximum atomic E-state index is 6.16. The van der Waals surface area contributed by atoms with Crippen LogP contribution in [0.15, 0.2) is 18.2 Å². The number of nitrogens with zero attached hydrogens (tertiary/aromatic N) is 1. The Hall–Kier alpha value is -0.770. The summed E-state index contributed by atoms with van der Waals surface area (Å²) in [5.74, 6) is 0.607. The molecular formula is C16H25ClN2O. The Morgan fingerprint density at radius 1 is 1.50 bits per heavy atom. The first-order chi connectivity index (χ1) is 9.56. The number of halogens is 1. The first-order valence-corrected chi connectivity index (χ1v) is 7.77. The number of hydrogen-bond acceptors (Lipinski definition) is 3. The van der Waals surface area contributed by atoms with Gasteiger partial charge >= 0.3 is 0 Å². The Morgan fingerprint density at radius 2 is 2.30 bits per heavy atom. The molecule has 1 aromatic rings. The van der Waals surface area contributed by atoms with Gasteiger partial charge in [-0.2, -0.15) is 0 Å². The van der Waals surface area contributed by atoms with Crippen molar-refractivity contribution in [1.29, 1.82) is 0 Å². The molecule has 1 saturated heterocycles. The topological polar surface area (TPSA) is 38.5 Å². The molecule has 1 fully saturated rings. The summed E-state index contributed by atoms with van der Waals surface area (Å²) in [6.07, 6.45) is 3.28. The van der Waals surface area contributed by atoms with Crippen molar-refractivity contribution in [1.82, 2.24) is 0 Å². The third-order valence-electron chi connectivity index (χ3n) is 3.79. The highest BCUT2D eigenvalue weighted by Gasteiger charge is 2.18. The lowest BCUT2D eigenvalue weighted by Gasteiger charge is -2.30. The molecule has 1 aliphatic rings. The third-order valence-corrected chi connectivity index (χ3v) is 4.02. The average Bonchev–Trinajstić information content (AvgIpc) is 2.41. The van der Waals surface area contributed by atoms with Crippen LogP contribution in [-0.4, -0.2) is 32.8 Å². The minimum absolute atomic E-state index is 0.154. The largest absolute Gasteiger partial charge is 0.381 e. The van der Waals surface area contributed by atoms with Crippen LogP contribution in [0.3, 0.4) is 0 Å². The van der Waals surface area contributed by atoms with Crippen molar-refractivity contribution in [2.24, 2.45) is 11.7 Å². The molecule has 3 nitrogen and oxygen atoms in total. The maximum Gasteiger partial charge on any atom is 0.0511 e. The van der Waals surface area contributed by atoms with Crippen molar-refractivity contribution >= 4 is 17.3 Å². The second-order valence-corrected chi connectivity index (χ2v) is 6.35. The minimum atomic E-state index is 0.154. The molecule has 112 valence electrons. The second-order valence-electron chi connectivity index (χ2n) is 5.92. The standard InChI is InChI=1S/C16H25ClN2O/c1-12(18)8-14-5-6-15(17)9-16(14)19(2)10-13-4-3-7-20-11-13/h5-6,9,12-13H,3-4,7-8,10-11,18H2,1-2H3. The van der Waals surface area contributed by atoms with Gasteiger partial charge in [0.25, 0.3) is 0 Å². The summed E-state index contributed by atoms with van der Waals surface area (Å²) in [6, 6.07) is 6.24. The van der Waals surface area contributed by atoms with Crippen molar-refractivity contribution < 1.29 is 4.74 Å². The van der Waals surface area contributed by atoms with E-state index in [0.29, 0.717) is 5.92 Å². The molecule has 0 aliphatic carbocycles. The molecule has 1 aromatic carbocycles. The summed E-state index contributed by atoms with van der Waals surface area (Å²) in [5, 5.41) is 0.778. The molecule has 0 saturated carbocycles. The SMILES string of the molecule is CC(N)Cc1ccc(Cl)cc1N(C)CC1CCCOC1. The molecule has 0 aromatic heterocycles. The Balaban J connectivity index is 2.10. The number of ether oxygens (including phenoxy) is 1. The molecule has 0 radical (unpaired) electrons. The quantitative estimate of drug-likeness (QED) is 0.907. The first-order valence-electron chi connectivity index (χ1n) is 7.39. The van der Waals surface area contributed by atoms with Gasteiger partial charge in [0.2, 0.25) is 0 Å². The Kier molecular flexibility index (Phi) is 5.70. The van der Waals surface area contributed by atoms with Gasteiger partial charge in [-0.1, -0.05) is 17.7 Å². The van der Waals surface area contributed by atoms with Gasteiger partial charge in [0.15, 0.2) is 0 Å². The van der Waals surface area contributed by atoms with E-state index < -0.39 is 0 Å². The average molecular weight is 297 g/mol. The van der Waals surface area contributed by atoms with Crippen LogP contribution in [0.4, 0.5) is 5.69 Å². The molecule has 2 rings (SSSR count). The van der Waals surface area contributed by atoms with Gasteiger partial charge in [-0.05, 0) is 49.8 Å². The summed E-state index contributed by atoms with van der Waals surface area (Å²) in [7, 11) is 2.13. The molecular weight excluding hydrogens is 272 g/mol. The van der Waals surface area contributed by atoms with Crippen LogP contribution in [0, 0.1) is 5.92 Å². The van der Waals surface area contributed by atoms with E-state index >= 15 is 0 Å². The number of anilines is 1. The summed E-state index contributed by atoms with van der Waals surface area (Å²) in [4.78, 5) is 2.29. The number of nitrogens with two attached hydrogens (primary N) is 1. The van der Waals surface area contributed by atoms with Gasteiger partial charge in [-0.15, -0.1) is 0 Å². The number of benzene rings is 1.